The van der Waals surface area contributed by atoms with Gasteiger partial charge in [-0.05, 0) is 74.5 Å². The van der Waals surface area contributed by atoms with E-state index in [4.69, 9.17) is 0 Å². The SMILES string of the molecule is CCCC1CCC(C2CC=C(C3CCC(F)C(F)C3C)CC2)CC1. The van der Waals surface area contributed by atoms with Gasteiger partial charge in [-0.2, -0.15) is 0 Å². The van der Waals surface area contributed by atoms with Gasteiger partial charge in [-0.3, -0.25) is 0 Å². The lowest BCUT2D eigenvalue weighted by Crippen LogP contribution is -2.37. The number of halogens is 2. The highest BCUT2D eigenvalue weighted by Gasteiger charge is 2.39. The Hall–Kier alpha value is -0.400. The molecule has 0 saturated heterocycles. The molecule has 0 nitrogen and oxygen atoms in total. The molecule has 138 valence electrons. The number of rotatable bonds is 4. The maximum Gasteiger partial charge on any atom is 0.134 e. The molecule has 0 aromatic heterocycles. The van der Waals surface area contributed by atoms with Crippen molar-refractivity contribution in [3.63, 3.8) is 0 Å². The molecule has 5 unspecified atom stereocenters. The fourth-order valence-corrected chi connectivity index (χ4v) is 5.83. The van der Waals surface area contributed by atoms with E-state index in [1.807, 2.05) is 6.92 Å². The molecule has 2 fully saturated rings. The predicted octanol–water partition coefficient (Wildman–Crippen LogP) is 7.04. The highest BCUT2D eigenvalue weighted by molar-refractivity contribution is 5.14. The van der Waals surface area contributed by atoms with Gasteiger partial charge in [0.05, 0.1) is 0 Å². The second kappa shape index (κ2) is 8.32. The largest absolute Gasteiger partial charge is 0.244 e. The first-order chi connectivity index (χ1) is 11.6. The lowest BCUT2D eigenvalue weighted by Gasteiger charge is -2.39. The van der Waals surface area contributed by atoms with Crippen LogP contribution in [-0.2, 0) is 0 Å². The van der Waals surface area contributed by atoms with Crippen molar-refractivity contribution in [1.82, 2.24) is 0 Å². The van der Waals surface area contributed by atoms with Crippen LogP contribution in [0, 0.1) is 29.6 Å². The molecule has 3 aliphatic rings. The Morgan fingerprint density at radius 2 is 1.71 bits per heavy atom. The molecular formula is C22H36F2. The van der Waals surface area contributed by atoms with Gasteiger partial charge < -0.3 is 0 Å². The van der Waals surface area contributed by atoms with E-state index in [0.717, 1.165) is 30.6 Å². The average molecular weight is 339 g/mol. The molecule has 0 aromatic carbocycles. The molecule has 0 spiro atoms. The van der Waals surface area contributed by atoms with Crippen LogP contribution < -0.4 is 0 Å². The van der Waals surface area contributed by atoms with E-state index in [2.05, 4.69) is 13.0 Å². The lowest BCUT2D eigenvalue weighted by molar-refractivity contribution is 0.0467. The monoisotopic (exact) mass is 338 g/mol. The smallest absolute Gasteiger partial charge is 0.134 e. The molecule has 0 N–H and O–H groups in total. The quantitative estimate of drug-likeness (QED) is 0.482. The van der Waals surface area contributed by atoms with Gasteiger partial charge in [-0.15, -0.1) is 0 Å². The zero-order valence-corrected chi connectivity index (χ0v) is 15.7. The second-order valence-corrected chi connectivity index (χ2v) is 8.89. The van der Waals surface area contributed by atoms with Crippen molar-refractivity contribution in [2.24, 2.45) is 29.6 Å². The van der Waals surface area contributed by atoms with Crippen molar-refractivity contribution < 1.29 is 8.78 Å². The number of alkyl halides is 2. The van der Waals surface area contributed by atoms with Crippen molar-refractivity contribution in [2.45, 2.75) is 96.8 Å². The maximum atomic E-state index is 14.0. The third-order valence-corrected chi connectivity index (χ3v) is 7.45. The Bertz CT molecular complexity index is 422. The Labute approximate surface area is 147 Å². The summed E-state index contributed by atoms with van der Waals surface area (Å²) in [5, 5.41) is 0. The molecular weight excluding hydrogens is 302 g/mol. The van der Waals surface area contributed by atoms with Crippen LogP contribution in [0.3, 0.4) is 0 Å². The van der Waals surface area contributed by atoms with Crippen LogP contribution in [0.2, 0.25) is 0 Å². The van der Waals surface area contributed by atoms with Crippen LogP contribution in [0.1, 0.15) is 84.5 Å². The van der Waals surface area contributed by atoms with Crippen LogP contribution in [0.4, 0.5) is 8.78 Å². The zero-order chi connectivity index (χ0) is 17.1. The van der Waals surface area contributed by atoms with Gasteiger partial charge >= 0.3 is 0 Å². The number of hydrogen-bond donors (Lipinski definition) is 0. The third-order valence-electron chi connectivity index (χ3n) is 7.45. The average Bonchev–Trinajstić information content (AvgIpc) is 2.61. The summed E-state index contributed by atoms with van der Waals surface area (Å²) < 4.78 is 27.6. The molecule has 0 aliphatic heterocycles. The predicted molar refractivity (Wildman–Crippen MR) is 97.5 cm³/mol. The minimum absolute atomic E-state index is 0.138. The number of hydrogen-bond acceptors (Lipinski definition) is 0. The van der Waals surface area contributed by atoms with Crippen LogP contribution in [0.25, 0.3) is 0 Å². The van der Waals surface area contributed by atoms with Crippen LogP contribution in [0.5, 0.6) is 0 Å². The first kappa shape index (κ1) is 18.4. The molecule has 3 aliphatic carbocycles. The minimum Gasteiger partial charge on any atom is -0.244 e. The summed E-state index contributed by atoms with van der Waals surface area (Å²) in [5.41, 5.74) is 1.45. The summed E-state index contributed by atoms with van der Waals surface area (Å²) in [5.74, 6) is 2.92. The Morgan fingerprint density at radius 1 is 0.958 bits per heavy atom. The second-order valence-electron chi connectivity index (χ2n) is 8.89. The zero-order valence-electron chi connectivity index (χ0n) is 15.7. The third kappa shape index (κ3) is 4.05. The van der Waals surface area contributed by atoms with Gasteiger partial charge in [0.25, 0.3) is 0 Å². The fourth-order valence-electron chi connectivity index (χ4n) is 5.83. The van der Waals surface area contributed by atoms with E-state index in [1.165, 1.54) is 56.9 Å². The Kier molecular flexibility index (Phi) is 6.38. The van der Waals surface area contributed by atoms with E-state index >= 15 is 0 Å². The molecule has 2 heteroatoms. The number of allylic oxidation sites excluding steroid dienone is 2. The highest BCUT2D eigenvalue weighted by Crippen LogP contribution is 2.45. The van der Waals surface area contributed by atoms with Crippen molar-refractivity contribution >= 4 is 0 Å². The summed E-state index contributed by atoms with van der Waals surface area (Å²) in [6, 6.07) is 0. The molecule has 0 bridgehead atoms. The first-order valence-corrected chi connectivity index (χ1v) is 10.6. The minimum atomic E-state index is -1.25. The topological polar surface area (TPSA) is 0 Å². The molecule has 3 rings (SSSR count). The normalized spacial score (nSPS) is 44.2. The van der Waals surface area contributed by atoms with Crippen LogP contribution >= 0.6 is 0 Å². The van der Waals surface area contributed by atoms with Crippen LogP contribution in [0.15, 0.2) is 11.6 Å². The van der Waals surface area contributed by atoms with E-state index in [-0.39, 0.29) is 5.92 Å². The molecule has 5 atom stereocenters. The van der Waals surface area contributed by atoms with Gasteiger partial charge in [0.2, 0.25) is 0 Å². The van der Waals surface area contributed by atoms with Crippen LogP contribution in [-0.4, -0.2) is 12.3 Å². The highest BCUT2D eigenvalue weighted by atomic mass is 19.2. The van der Waals surface area contributed by atoms with Crippen molar-refractivity contribution in [3.05, 3.63) is 11.6 Å². The van der Waals surface area contributed by atoms with E-state index in [0.29, 0.717) is 12.3 Å². The summed E-state index contributed by atoms with van der Waals surface area (Å²) in [4.78, 5) is 0. The molecule has 0 aromatic rings. The van der Waals surface area contributed by atoms with Crippen molar-refractivity contribution in [2.75, 3.05) is 0 Å². The van der Waals surface area contributed by atoms with E-state index < -0.39 is 12.3 Å². The summed E-state index contributed by atoms with van der Waals surface area (Å²) in [7, 11) is 0. The van der Waals surface area contributed by atoms with Gasteiger partial charge in [-0.1, -0.05) is 51.2 Å². The summed E-state index contributed by atoms with van der Waals surface area (Å²) in [6.07, 6.45) is 13.3. The van der Waals surface area contributed by atoms with Gasteiger partial charge in [0, 0.05) is 0 Å². The molecule has 0 radical (unpaired) electrons. The lowest BCUT2D eigenvalue weighted by atomic mass is 9.67. The first-order valence-electron chi connectivity index (χ1n) is 10.6. The van der Waals surface area contributed by atoms with E-state index in [1.54, 1.807) is 0 Å². The molecule has 24 heavy (non-hydrogen) atoms. The maximum absolute atomic E-state index is 14.0. The van der Waals surface area contributed by atoms with Gasteiger partial charge in [-0.25, -0.2) is 8.78 Å². The summed E-state index contributed by atoms with van der Waals surface area (Å²) in [6.45, 7) is 4.22. The molecule has 0 amide bonds. The van der Waals surface area contributed by atoms with Crippen molar-refractivity contribution in [1.29, 1.82) is 0 Å². The Balaban J connectivity index is 1.51. The summed E-state index contributed by atoms with van der Waals surface area (Å²) >= 11 is 0. The fraction of sp³-hybridized carbons (Fsp3) is 0.909. The standard InChI is InChI=1S/C22H36F2/c1-3-4-16-5-7-17(8-6-16)18-9-11-19(12-10-18)20-13-14-21(23)22(24)15(20)2/h11,15-18,20-22H,3-10,12-14H2,1-2H3. The molecule has 0 heterocycles. The van der Waals surface area contributed by atoms with Crippen molar-refractivity contribution in [3.8, 4) is 0 Å². The van der Waals surface area contributed by atoms with Gasteiger partial charge in [0.15, 0.2) is 0 Å². The van der Waals surface area contributed by atoms with E-state index in [9.17, 15) is 8.78 Å². The Morgan fingerprint density at radius 3 is 2.33 bits per heavy atom. The molecule has 2 saturated carbocycles. The van der Waals surface area contributed by atoms with Gasteiger partial charge in [0.1, 0.15) is 12.3 Å².